The first-order valence-corrected chi connectivity index (χ1v) is 10.3. The molecule has 0 heterocycles. The number of nitrogens with zero attached hydrogens (tertiary/aromatic N) is 1. The van der Waals surface area contributed by atoms with E-state index in [0.29, 0.717) is 17.1 Å². The summed E-state index contributed by atoms with van der Waals surface area (Å²) in [6.07, 6.45) is 1.38. The molecule has 0 radical (unpaired) electrons. The monoisotopic (exact) mass is 394 g/mol. The van der Waals surface area contributed by atoms with Crippen molar-refractivity contribution in [1.82, 2.24) is 4.31 Å². The van der Waals surface area contributed by atoms with Gasteiger partial charge in [-0.05, 0) is 48.7 Å². The molecule has 2 aromatic carbocycles. The van der Waals surface area contributed by atoms with Crippen molar-refractivity contribution >= 4 is 33.2 Å². The Labute approximate surface area is 160 Å². The van der Waals surface area contributed by atoms with Gasteiger partial charge in [0.2, 0.25) is 15.9 Å². The number of sulfonamides is 1. The van der Waals surface area contributed by atoms with Gasteiger partial charge in [-0.25, -0.2) is 8.42 Å². The highest BCUT2D eigenvalue weighted by Crippen LogP contribution is 2.20. The van der Waals surface area contributed by atoms with E-state index in [-0.39, 0.29) is 23.9 Å². The van der Waals surface area contributed by atoms with E-state index in [9.17, 15) is 13.2 Å². The minimum atomic E-state index is -3.77. The highest BCUT2D eigenvalue weighted by Gasteiger charge is 2.26. The normalized spacial score (nSPS) is 11.5. The Bertz CT molecular complexity index is 851. The lowest BCUT2D eigenvalue weighted by atomic mass is 10.1. The first kappa shape index (κ1) is 20.4. The summed E-state index contributed by atoms with van der Waals surface area (Å²) in [5.41, 5.74) is 1.71. The molecule has 0 fully saturated rings. The third kappa shape index (κ3) is 5.06. The van der Waals surface area contributed by atoms with Gasteiger partial charge in [0, 0.05) is 17.3 Å². The molecule has 0 aliphatic carbocycles. The molecule has 0 aliphatic rings. The van der Waals surface area contributed by atoms with Gasteiger partial charge in [0.1, 0.15) is 0 Å². The van der Waals surface area contributed by atoms with Gasteiger partial charge in [-0.2, -0.15) is 4.31 Å². The molecule has 0 unspecified atom stereocenters. The third-order valence-electron chi connectivity index (χ3n) is 3.92. The summed E-state index contributed by atoms with van der Waals surface area (Å²) in [6, 6.07) is 13.4. The van der Waals surface area contributed by atoms with Gasteiger partial charge in [-0.15, -0.1) is 0 Å². The molecule has 1 N–H and O–H groups in total. The van der Waals surface area contributed by atoms with Crippen LogP contribution in [-0.4, -0.2) is 31.7 Å². The lowest BCUT2D eigenvalue weighted by molar-refractivity contribution is -0.116. The van der Waals surface area contributed by atoms with Crippen molar-refractivity contribution in [3.63, 3.8) is 0 Å². The van der Waals surface area contributed by atoms with E-state index in [2.05, 4.69) is 5.32 Å². The molecule has 140 valence electrons. The molecule has 0 aromatic heterocycles. The van der Waals surface area contributed by atoms with Crippen LogP contribution in [0.25, 0.3) is 0 Å². The quantitative estimate of drug-likeness (QED) is 0.737. The first-order chi connectivity index (χ1) is 12.4. The molecule has 26 heavy (non-hydrogen) atoms. The molecular weight excluding hydrogens is 372 g/mol. The largest absolute Gasteiger partial charge is 0.325 e. The number of hydrogen-bond donors (Lipinski definition) is 1. The second-order valence-electron chi connectivity index (χ2n) is 5.85. The molecule has 0 atom stereocenters. The summed E-state index contributed by atoms with van der Waals surface area (Å²) in [5, 5.41) is 3.28. The SMILES string of the molecule is CCCN(CC(=O)Nc1ccccc1CC)S(=O)(=O)c1ccc(Cl)cc1. The van der Waals surface area contributed by atoms with Crippen LogP contribution in [-0.2, 0) is 21.2 Å². The molecule has 0 saturated heterocycles. The van der Waals surface area contributed by atoms with E-state index in [4.69, 9.17) is 11.6 Å². The van der Waals surface area contributed by atoms with E-state index in [0.717, 1.165) is 12.0 Å². The van der Waals surface area contributed by atoms with Gasteiger partial charge in [0.25, 0.3) is 0 Å². The molecule has 0 aliphatic heterocycles. The molecule has 2 aromatic rings. The average Bonchev–Trinajstić information content (AvgIpc) is 2.62. The highest BCUT2D eigenvalue weighted by atomic mass is 35.5. The van der Waals surface area contributed by atoms with E-state index >= 15 is 0 Å². The minimum Gasteiger partial charge on any atom is -0.325 e. The molecule has 0 spiro atoms. The zero-order chi connectivity index (χ0) is 19.2. The van der Waals surface area contributed by atoms with E-state index < -0.39 is 10.0 Å². The molecule has 7 heteroatoms. The van der Waals surface area contributed by atoms with Crippen LogP contribution in [0, 0.1) is 0 Å². The summed E-state index contributed by atoms with van der Waals surface area (Å²) in [6.45, 7) is 3.89. The third-order valence-corrected chi connectivity index (χ3v) is 6.03. The molecule has 1 amide bonds. The maximum absolute atomic E-state index is 12.8. The maximum atomic E-state index is 12.8. The molecular formula is C19H23ClN2O3S. The van der Waals surface area contributed by atoms with Gasteiger partial charge < -0.3 is 5.32 Å². The predicted molar refractivity (Wildman–Crippen MR) is 105 cm³/mol. The lowest BCUT2D eigenvalue weighted by Gasteiger charge is -2.21. The van der Waals surface area contributed by atoms with Gasteiger partial charge in [0.15, 0.2) is 0 Å². The number of para-hydroxylation sites is 1. The number of halogens is 1. The van der Waals surface area contributed by atoms with Crippen molar-refractivity contribution in [2.24, 2.45) is 0 Å². The van der Waals surface area contributed by atoms with Crippen LogP contribution in [0.15, 0.2) is 53.4 Å². The number of rotatable bonds is 8. The maximum Gasteiger partial charge on any atom is 0.243 e. The predicted octanol–water partition coefficient (Wildman–Crippen LogP) is 3.94. The van der Waals surface area contributed by atoms with Crippen molar-refractivity contribution in [2.75, 3.05) is 18.4 Å². The van der Waals surface area contributed by atoms with Crippen molar-refractivity contribution in [1.29, 1.82) is 0 Å². The van der Waals surface area contributed by atoms with E-state index in [1.165, 1.54) is 28.6 Å². The molecule has 5 nitrogen and oxygen atoms in total. The average molecular weight is 395 g/mol. The van der Waals surface area contributed by atoms with Gasteiger partial charge in [-0.3, -0.25) is 4.79 Å². The Balaban J connectivity index is 2.19. The Morgan fingerprint density at radius 3 is 2.35 bits per heavy atom. The zero-order valence-electron chi connectivity index (χ0n) is 14.9. The molecule has 0 bridgehead atoms. The van der Waals surface area contributed by atoms with E-state index in [1.54, 1.807) is 0 Å². The van der Waals surface area contributed by atoms with Crippen molar-refractivity contribution in [3.05, 3.63) is 59.1 Å². The summed E-state index contributed by atoms with van der Waals surface area (Å²) in [5.74, 6) is -0.364. The van der Waals surface area contributed by atoms with Crippen LogP contribution >= 0.6 is 11.6 Å². The van der Waals surface area contributed by atoms with Crippen molar-refractivity contribution < 1.29 is 13.2 Å². The summed E-state index contributed by atoms with van der Waals surface area (Å²) >= 11 is 5.83. The smallest absolute Gasteiger partial charge is 0.243 e. The van der Waals surface area contributed by atoms with Crippen LogP contribution in [0.4, 0.5) is 5.69 Å². The summed E-state index contributed by atoms with van der Waals surface area (Å²) in [7, 11) is -3.77. The number of nitrogens with one attached hydrogen (secondary N) is 1. The second kappa shape index (κ2) is 9.16. The van der Waals surface area contributed by atoms with Gasteiger partial charge in [0.05, 0.1) is 11.4 Å². The van der Waals surface area contributed by atoms with Crippen LogP contribution < -0.4 is 5.32 Å². The van der Waals surface area contributed by atoms with Crippen molar-refractivity contribution in [3.8, 4) is 0 Å². The van der Waals surface area contributed by atoms with Crippen molar-refractivity contribution in [2.45, 2.75) is 31.6 Å². The fourth-order valence-corrected chi connectivity index (χ4v) is 4.20. The van der Waals surface area contributed by atoms with Crippen LogP contribution in [0.5, 0.6) is 0 Å². The highest BCUT2D eigenvalue weighted by molar-refractivity contribution is 7.89. The number of amides is 1. The van der Waals surface area contributed by atoms with E-state index in [1.807, 2.05) is 38.1 Å². The Kier molecular flexibility index (Phi) is 7.20. The summed E-state index contributed by atoms with van der Waals surface area (Å²) in [4.78, 5) is 12.6. The minimum absolute atomic E-state index is 0.122. The standard InChI is InChI=1S/C19H23ClN2O3S/c1-3-13-22(26(24,25)17-11-9-16(20)10-12-17)14-19(23)21-18-8-6-5-7-15(18)4-2/h5-12H,3-4,13-14H2,1-2H3,(H,21,23). The molecule has 2 rings (SSSR count). The summed E-state index contributed by atoms with van der Waals surface area (Å²) < 4.78 is 26.9. The van der Waals surface area contributed by atoms with Gasteiger partial charge in [-0.1, -0.05) is 43.6 Å². The van der Waals surface area contributed by atoms with Crippen LogP contribution in [0.3, 0.4) is 0 Å². The number of aryl methyl sites for hydroxylation is 1. The number of carbonyl (C=O) groups excluding carboxylic acids is 1. The number of anilines is 1. The number of hydrogen-bond acceptors (Lipinski definition) is 3. The Morgan fingerprint density at radius 2 is 1.73 bits per heavy atom. The van der Waals surface area contributed by atoms with Crippen LogP contribution in [0.2, 0.25) is 5.02 Å². The Hall–Kier alpha value is -1.89. The van der Waals surface area contributed by atoms with Gasteiger partial charge >= 0.3 is 0 Å². The topological polar surface area (TPSA) is 66.5 Å². The fraction of sp³-hybridized carbons (Fsp3) is 0.316. The number of carbonyl (C=O) groups is 1. The fourth-order valence-electron chi connectivity index (χ4n) is 2.59. The number of benzene rings is 2. The van der Waals surface area contributed by atoms with Crippen LogP contribution in [0.1, 0.15) is 25.8 Å². The lowest BCUT2D eigenvalue weighted by Crippen LogP contribution is -2.38. The molecule has 0 saturated carbocycles. The Morgan fingerprint density at radius 1 is 1.08 bits per heavy atom. The second-order valence-corrected chi connectivity index (χ2v) is 8.23. The first-order valence-electron chi connectivity index (χ1n) is 8.52. The zero-order valence-corrected chi connectivity index (χ0v) is 16.5.